The largest absolute Gasteiger partial charge is 0.399 e. The molecule has 0 aromatic heterocycles. The van der Waals surface area contributed by atoms with Gasteiger partial charge in [0.15, 0.2) is 5.41 Å². The van der Waals surface area contributed by atoms with E-state index in [-0.39, 0.29) is 11.6 Å². The van der Waals surface area contributed by atoms with Crippen molar-refractivity contribution in [3.8, 4) is 18.2 Å². The highest BCUT2D eigenvalue weighted by atomic mass is 15.1. The lowest BCUT2D eigenvalue weighted by Gasteiger charge is -2.45. The van der Waals surface area contributed by atoms with Crippen LogP contribution in [0.15, 0.2) is 53.3 Å². The summed E-state index contributed by atoms with van der Waals surface area (Å²) < 4.78 is 0. The molecular formula is C21H21N5. The first kappa shape index (κ1) is 17.7. The topological polar surface area (TPSA) is 101 Å². The van der Waals surface area contributed by atoms with Crippen LogP contribution in [0.5, 0.6) is 0 Å². The molecule has 2 atom stereocenters. The van der Waals surface area contributed by atoms with Crippen LogP contribution in [0.2, 0.25) is 0 Å². The first-order valence-electron chi connectivity index (χ1n) is 8.83. The number of allylic oxidation sites excluding steroid dienone is 2. The second-order valence-corrected chi connectivity index (χ2v) is 6.85. The fraction of sp³-hybridized carbons (Fsp3) is 0.381. The zero-order valence-electron chi connectivity index (χ0n) is 14.8. The van der Waals surface area contributed by atoms with Crippen molar-refractivity contribution in [2.75, 3.05) is 19.6 Å². The second kappa shape index (κ2) is 7.04. The Balaban J connectivity index is 2.26. The summed E-state index contributed by atoms with van der Waals surface area (Å²) in [5, 5.41) is 29.7. The Labute approximate surface area is 154 Å². The van der Waals surface area contributed by atoms with Gasteiger partial charge in [0.25, 0.3) is 0 Å². The van der Waals surface area contributed by atoms with Gasteiger partial charge in [0, 0.05) is 24.9 Å². The molecule has 1 aromatic carbocycles. The molecule has 1 aromatic rings. The molecule has 0 saturated carbocycles. The lowest BCUT2D eigenvalue weighted by molar-refractivity contribution is 0.207. The molecule has 1 aliphatic carbocycles. The number of hydrogen-bond donors (Lipinski definition) is 1. The van der Waals surface area contributed by atoms with Gasteiger partial charge in [-0.25, -0.2) is 0 Å². The normalized spacial score (nSPS) is 24.6. The van der Waals surface area contributed by atoms with Gasteiger partial charge in [0.1, 0.15) is 6.07 Å². The van der Waals surface area contributed by atoms with Gasteiger partial charge < -0.3 is 5.73 Å². The summed E-state index contributed by atoms with van der Waals surface area (Å²) in [6.45, 7) is 4.53. The molecule has 0 spiro atoms. The SMILES string of the molecule is CCCN1CC=C2C(C#N)=C(N)C(C#N)(C#N)[C@@H](c3ccccc3)[C@@H]2C1. The molecule has 1 aliphatic heterocycles. The maximum absolute atomic E-state index is 9.99. The van der Waals surface area contributed by atoms with Gasteiger partial charge in [-0.15, -0.1) is 0 Å². The number of benzene rings is 1. The lowest BCUT2D eigenvalue weighted by Crippen LogP contribution is -2.48. The summed E-state index contributed by atoms with van der Waals surface area (Å²) in [4.78, 5) is 2.31. The fourth-order valence-electron chi connectivity index (χ4n) is 4.28. The van der Waals surface area contributed by atoms with E-state index in [1.165, 1.54) is 0 Å². The summed E-state index contributed by atoms with van der Waals surface area (Å²) in [7, 11) is 0. The van der Waals surface area contributed by atoms with E-state index in [1.807, 2.05) is 36.4 Å². The highest BCUT2D eigenvalue weighted by Crippen LogP contribution is 2.54. The van der Waals surface area contributed by atoms with Crippen LogP contribution in [0.1, 0.15) is 24.8 Å². The predicted octanol–water partition coefficient (Wildman–Crippen LogP) is 2.82. The van der Waals surface area contributed by atoms with Crippen molar-refractivity contribution in [2.45, 2.75) is 19.3 Å². The molecule has 2 N–H and O–H groups in total. The number of nitriles is 3. The third-order valence-corrected chi connectivity index (χ3v) is 5.44. The van der Waals surface area contributed by atoms with E-state index in [1.54, 1.807) is 0 Å². The highest BCUT2D eigenvalue weighted by molar-refractivity contribution is 5.59. The van der Waals surface area contributed by atoms with Gasteiger partial charge in [0.05, 0.1) is 23.4 Å². The van der Waals surface area contributed by atoms with Gasteiger partial charge in [-0.3, -0.25) is 4.90 Å². The molecule has 2 aliphatic rings. The average Bonchev–Trinajstić information content (AvgIpc) is 2.68. The molecule has 0 fully saturated rings. The molecule has 5 nitrogen and oxygen atoms in total. The Morgan fingerprint density at radius 3 is 2.46 bits per heavy atom. The number of rotatable bonds is 3. The summed E-state index contributed by atoms with van der Waals surface area (Å²) in [5.74, 6) is -0.513. The van der Waals surface area contributed by atoms with Crippen molar-refractivity contribution >= 4 is 0 Å². The Morgan fingerprint density at radius 1 is 1.19 bits per heavy atom. The van der Waals surface area contributed by atoms with Crippen LogP contribution in [0.3, 0.4) is 0 Å². The van der Waals surface area contributed by atoms with Gasteiger partial charge >= 0.3 is 0 Å². The molecule has 0 bridgehead atoms. The zero-order valence-corrected chi connectivity index (χ0v) is 14.8. The molecule has 0 saturated heterocycles. The van der Waals surface area contributed by atoms with Crippen LogP contribution in [-0.4, -0.2) is 24.5 Å². The van der Waals surface area contributed by atoms with E-state index in [4.69, 9.17) is 5.73 Å². The minimum Gasteiger partial charge on any atom is -0.399 e. The first-order chi connectivity index (χ1) is 12.6. The van der Waals surface area contributed by atoms with Crippen molar-refractivity contribution in [3.05, 3.63) is 58.8 Å². The molecular weight excluding hydrogens is 322 g/mol. The molecule has 0 radical (unpaired) electrons. The molecule has 130 valence electrons. The maximum atomic E-state index is 9.99. The van der Waals surface area contributed by atoms with Crippen LogP contribution >= 0.6 is 0 Å². The predicted molar refractivity (Wildman–Crippen MR) is 98.0 cm³/mol. The van der Waals surface area contributed by atoms with E-state index in [9.17, 15) is 15.8 Å². The molecule has 1 heterocycles. The number of nitrogens with two attached hydrogens (primary N) is 1. The van der Waals surface area contributed by atoms with E-state index < -0.39 is 11.3 Å². The third-order valence-electron chi connectivity index (χ3n) is 5.44. The fourth-order valence-corrected chi connectivity index (χ4v) is 4.28. The van der Waals surface area contributed by atoms with E-state index >= 15 is 0 Å². The third kappa shape index (κ3) is 2.57. The minimum atomic E-state index is -1.54. The van der Waals surface area contributed by atoms with Gasteiger partial charge in [-0.05, 0) is 24.1 Å². The number of fused-ring (bicyclic) bond motifs is 1. The van der Waals surface area contributed by atoms with Gasteiger partial charge in [-0.2, -0.15) is 15.8 Å². The molecule has 26 heavy (non-hydrogen) atoms. The quantitative estimate of drug-likeness (QED) is 0.909. The van der Waals surface area contributed by atoms with Crippen LogP contribution in [-0.2, 0) is 0 Å². The van der Waals surface area contributed by atoms with Crippen molar-refractivity contribution in [1.29, 1.82) is 15.8 Å². The maximum Gasteiger partial charge on any atom is 0.191 e. The summed E-state index contributed by atoms with van der Waals surface area (Å²) in [6, 6.07) is 16.1. The first-order valence-corrected chi connectivity index (χ1v) is 8.83. The lowest BCUT2D eigenvalue weighted by atomic mass is 9.58. The number of nitrogens with zero attached hydrogens (tertiary/aromatic N) is 4. The smallest absolute Gasteiger partial charge is 0.191 e. The summed E-state index contributed by atoms with van der Waals surface area (Å²) >= 11 is 0. The Kier molecular flexibility index (Phi) is 4.81. The average molecular weight is 343 g/mol. The Morgan fingerprint density at radius 2 is 1.88 bits per heavy atom. The van der Waals surface area contributed by atoms with Gasteiger partial charge in [-0.1, -0.05) is 43.3 Å². The summed E-state index contributed by atoms with van der Waals surface area (Å²) in [6.07, 6.45) is 3.07. The number of hydrogen-bond acceptors (Lipinski definition) is 5. The monoisotopic (exact) mass is 343 g/mol. The molecule has 3 rings (SSSR count). The Hall–Kier alpha value is -3.07. The standard InChI is InChI=1S/C21H21N5/c1-2-9-26-10-8-16-17(11-22)20(25)21(13-23,14-24)19(18(16)12-26)15-6-4-3-5-7-15/h3-8,18-19H,2,9-10,12,25H2,1H3/t18-,19+/m1/s1. The molecule has 0 unspecified atom stereocenters. The minimum absolute atomic E-state index is 0.0882. The zero-order chi connectivity index (χ0) is 18.7. The molecule has 0 amide bonds. The molecule has 5 heteroatoms. The Bertz CT molecular complexity index is 862. The summed E-state index contributed by atoms with van der Waals surface area (Å²) in [5.41, 5.74) is 6.92. The van der Waals surface area contributed by atoms with Crippen LogP contribution < -0.4 is 5.73 Å². The van der Waals surface area contributed by atoms with Crippen LogP contribution in [0.4, 0.5) is 0 Å². The highest BCUT2D eigenvalue weighted by Gasteiger charge is 2.54. The van der Waals surface area contributed by atoms with Crippen LogP contribution in [0, 0.1) is 45.3 Å². The van der Waals surface area contributed by atoms with Crippen molar-refractivity contribution in [2.24, 2.45) is 17.1 Å². The van der Waals surface area contributed by atoms with E-state index in [2.05, 4.69) is 30.0 Å². The van der Waals surface area contributed by atoms with E-state index in [0.29, 0.717) is 12.1 Å². The van der Waals surface area contributed by atoms with Crippen molar-refractivity contribution < 1.29 is 0 Å². The second-order valence-electron chi connectivity index (χ2n) is 6.85. The van der Waals surface area contributed by atoms with Crippen molar-refractivity contribution in [3.63, 3.8) is 0 Å². The van der Waals surface area contributed by atoms with Crippen molar-refractivity contribution in [1.82, 2.24) is 4.90 Å². The van der Waals surface area contributed by atoms with Gasteiger partial charge in [0.2, 0.25) is 0 Å². The van der Waals surface area contributed by atoms with Crippen LogP contribution in [0.25, 0.3) is 0 Å². The van der Waals surface area contributed by atoms with E-state index in [0.717, 1.165) is 30.6 Å².